The number of nitrogens with zero attached hydrogens (tertiary/aromatic N) is 2. The van der Waals surface area contributed by atoms with Crippen molar-refractivity contribution in [3.8, 4) is 0 Å². The van der Waals surface area contributed by atoms with Gasteiger partial charge in [-0.25, -0.2) is 9.97 Å². The first kappa shape index (κ1) is 15.1. The number of benzene rings is 1. The first-order valence-corrected chi connectivity index (χ1v) is 8.18. The first-order chi connectivity index (χ1) is 9.63. The molecular formula is C15H18ClN3S. The van der Waals surface area contributed by atoms with Crippen molar-refractivity contribution in [1.82, 2.24) is 9.97 Å². The largest absolute Gasteiger partial charge is 0.340 e. The number of halogens is 1. The topological polar surface area (TPSA) is 37.8 Å². The van der Waals surface area contributed by atoms with Crippen LogP contribution < -0.4 is 5.32 Å². The predicted octanol–water partition coefficient (Wildman–Crippen LogP) is 4.86. The molecule has 0 aliphatic heterocycles. The van der Waals surface area contributed by atoms with Gasteiger partial charge in [0, 0.05) is 22.6 Å². The molecule has 1 aromatic heterocycles. The molecule has 0 aliphatic rings. The van der Waals surface area contributed by atoms with Gasteiger partial charge in [0.15, 0.2) is 0 Å². The fourth-order valence-electron chi connectivity index (χ4n) is 1.83. The van der Waals surface area contributed by atoms with Gasteiger partial charge in [0.05, 0.1) is 0 Å². The maximum atomic E-state index is 6.18. The average molecular weight is 308 g/mol. The molecule has 0 saturated carbocycles. The molecule has 0 bridgehead atoms. The molecule has 0 aliphatic carbocycles. The quantitative estimate of drug-likeness (QED) is 0.632. The zero-order chi connectivity index (χ0) is 14.5. The van der Waals surface area contributed by atoms with E-state index in [0.29, 0.717) is 5.15 Å². The summed E-state index contributed by atoms with van der Waals surface area (Å²) in [5.41, 5.74) is 1.89. The number of hydrogen-bond acceptors (Lipinski definition) is 4. The van der Waals surface area contributed by atoms with Gasteiger partial charge in [-0.15, -0.1) is 11.8 Å². The van der Waals surface area contributed by atoms with E-state index in [1.807, 2.05) is 19.1 Å². The summed E-state index contributed by atoms with van der Waals surface area (Å²) in [6, 6.07) is 8.23. The zero-order valence-electron chi connectivity index (χ0n) is 11.9. The van der Waals surface area contributed by atoms with E-state index in [2.05, 4.69) is 40.6 Å². The second-order valence-corrected chi connectivity index (χ2v) is 5.75. The molecule has 2 aromatic rings. The van der Waals surface area contributed by atoms with Gasteiger partial charge in [-0.1, -0.05) is 24.6 Å². The van der Waals surface area contributed by atoms with Crippen LogP contribution in [-0.2, 0) is 6.42 Å². The minimum absolute atomic E-state index is 0.520. The minimum atomic E-state index is 0.520. The molecule has 2 rings (SSSR count). The molecule has 0 saturated heterocycles. The van der Waals surface area contributed by atoms with Crippen LogP contribution in [0.25, 0.3) is 0 Å². The Labute approximate surface area is 129 Å². The van der Waals surface area contributed by atoms with E-state index in [1.54, 1.807) is 11.8 Å². The zero-order valence-corrected chi connectivity index (χ0v) is 13.5. The number of thioether (sulfide) groups is 1. The Bertz CT molecular complexity index is 602. The molecule has 1 heterocycles. The summed E-state index contributed by atoms with van der Waals surface area (Å²) in [6.07, 6.45) is 3.89. The van der Waals surface area contributed by atoms with Crippen molar-refractivity contribution in [2.24, 2.45) is 0 Å². The van der Waals surface area contributed by atoms with Crippen molar-refractivity contribution >= 4 is 34.9 Å². The summed E-state index contributed by atoms with van der Waals surface area (Å²) in [5.74, 6) is 1.57. The van der Waals surface area contributed by atoms with E-state index in [-0.39, 0.29) is 0 Å². The van der Waals surface area contributed by atoms with Crippen LogP contribution in [0.4, 0.5) is 11.5 Å². The van der Waals surface area contributed by atoms with Gasteiger partial charge in [-0.2, -0.15) is 0 Å². The van der Waals surface area contributed by atoms with E-state index in [9.17, 15) is 0 Å². The minimum Gasteiger partial charge on any atom is -0.340 e. The standard InChI is InChI=1S/C15H18ClN3S/c1-4-6-13-18-14(16)10(2)15(19-13)17-11-7-5-8-12(9-11)20-3/h5,7-9H,4,6H2,1-3H3,(H,17,18,19). The highest BCUT2D eigenvalue weighted by Gasteiger charge is 2.09. The molecule has 0 amide bonds. The second kappa shape index (κ2) is 6.95. The van der Waals surface area contributed by atoms with Crippen molar-refractivity contribution in [2.75, 3.05) is 11.6 Å². The van der Waals surface area contributed by atoms with Crippen LogP contribution in [0.15, 0.2) is 29.2 Å². The number of aryl methyl sites for hydroxylation is 1. The summed E-state index contributed by atoms with van der Waals surface area (Å²) in [4.78, 5) is 10.1. The molecule has 1 N–H and O–H groups in total. The Morgan fingerprint density at radius 3 is 2.80 bits per heavy atom. The van der Waals surface area contributed by atoms with Crippen LogP contribution in [0, 0.1) is 6.92 Å². The maximum Gasteiger partial charge on any atom is 0.138 e. The van der Waals surface area contributed by atoms with E-state index in [4.69, 9.17) is 11.6 Å². The summed E-state index contributed by atoms with van der Waals surface area (Å²) >= 11 is 7.90. The highest BCUT2D eigenvalue weighted by atomic mass is 35.5. The van der Waals surface area contributed by atoms with Crippen LogP contribution >= 0.6 is 23.4 Å². The Kier molecular flexibility index (Phi) is 5.26. The molecule has 5 heteroatoms. The SMILES string of the molecule is CCCc1nc(Cl)c(C)c(Nc2cccc(SC)c2)n1. The van der Waals surface area contributed by atoms with Gasteiger partial charge in [-0.05, 0) is 37.8 Å². The van der Waals surface area contributed by atoms with E-state index in [1.165, 1.54) is 4.90 Å². The molecule has 20 heavy (non-hydrogen) atoms. The molecule has 0 spiro atoms. The molecule has 1 aromatic carbocycles. The van der Waals surface area contributed by atoms with Crippen LogP contribution in [0.3, 0.4) is 0 Å². The van der Waals surface area contributed by atoms with E-state index in [0.717, 1.165) is 35.7 Å². The second-order valence-electron chi connectivity index (χ2n) is 4.51. The predicted molar refractivity (Wildman–Crippen MR) is 87.3 cm³/mol. The van der Waals surface area contributed by atoms with Crippen LogP contribution in [0.5, 0.6) is 0 Å². The van der Waals surface area contributed by atoms with Gasteiger partial charge in [0.25, 0.3) is 0 Å². The first-order valence-electron chi connectivity index (χ1n) is 6.58. The summed E-state index contributed by atoms with van der Waals surface area (Å²) in [6.45, 7) is 4.03. The number of rotatable bonds is 5. The van der Waals surface area contributed by atoms with E-state index < -0.39 is 0 Å². The molecular weight excluding hydrogens is 290 g/mol. The molecule has 0 unspecified atom stereocenters. The fourth-order valence-corrected chi connectivity index (χ4v) is 2.47. The number of hydrogen-bond donors (Lipinski definition) is 1. The smallest absolute Gasteiger partial charge is 0.138 e. The third kappa shape index (κ3) is 3.64. The van der Waals surface area contributed by atoms with Gasteiger partial charge >= 0.3 is 0 Å². The fraction of sp³-hybridized carbons (Fsp3) is 0.333. The van der Waals surface area contributed by atoms with Crippen molar-refractivity contribution in [1.29, 1.82) is 0 Å². The lowest BCUT2D eigenvalue weighted by atomic mass is 10.2. The van der Waals surface area contributed by atoms with Gasteiger partial charge in [-0.3, -0.25) is 0 Å². The molecule has 106 valence electrons. The van der Waals surface area contributed by atoms with E-state index >= 15 is 0 Å². The third-order valence-electron chi connectivity index (χ3n) is 2.94. The number of aromatic nitrogens is 2. The maximum absolute atomic E-state index is 6.18. The third-order valence-corrected chi connectivity index (χ3v) is 4.03. The average Bonchev–Trinajstić information content (AvgIpc) is 2.45. The van der Waals surface area contributed by atoms with Crippen LogP contribution in [-0.4, -0.2) is 16.2 Å². The molecule has 0 radical (unpaired) electrons. The Hall–Kier alpha value is -1.26. The van der Waals surface area contributed by atoms with Gasteiger partial charge in [0.1, 0.15) is 16.8 Å². The number of nitrogens with one attached hydrogen (secondary N) is 1. The molecule has 3 nitrogen and oxygen atoms in total. The summed E-state index contributed by atoms with van der Waals surface area (Å²) < 4.78 is 0. The summed E-state index contributed by atoms with van der Waals surface area (Å²) in [5, 5.41) is 3.86. The van der Waals surface area contributed by atoms with Gasteiger partial charge in [0.2, 0.25) is 0 Å². The molecule has 0 atom stereocenters. The lowest BCUT2D eigenvalue weighted by molar-refractivity contribution is 0.833. The monoisotopic (exact) mass is 307 g/mol. The highest BCUT2D eigenvalue weighted by Crippen LogP contribution is 2.26. The van der Waals surface area contributed by atoms with Crippen molar-refractivity contribution < 1.29 is 0 Å². The lowest BCUT2D eigenvalue weighted by Gasteiger charge is -2.12. The van der Waals surface area contributed by atoms with Crippen molar-refractivity contribution in [3.05, 3.63) is 40.8 Å². The van der Waals surface area contributed by atoms with Gasteiger partial charge < -0.3 is 5.32 Å². The van der Waals surface area contributed by atoms with Crippen LogP contribution in [0.1, 0.15) is 24.7 Å². The Morgan fingerprint density at radius 2 is 2.10 bits per heavy atom. The molecule has 0 fully saturated rings. The Morgan fingerprint density at radius 1 is 1.30 bits per heavy atom. The number of anilines is 2. The lowest BCUT2D eigenvalue weighted by Crippen LogP contribution is -2.03. The Balaban J connectivity index is 2.31. The van der Waals surface area contributed by atoms with Crippen LogP contribution in [0.2, 0.25) is 5.15 Å². The highest BCUT2D eigenvalue weighted by molar-refractivity contribution is 7.98. The van der Waals surface area contributed by atoms with Crippen molar-refractivity contribution in [3.63, 3.8) is 0 Å². The normalized spacial score (nSPS) is 10.6. The summed E-state index contributed by atoms with van der Waals surface area (Å²) in [7, 11) is 0. The van der Waals surface area contributed by atoms with Crippen molar-refractivity contribution in [2.45, 2.75) is 31.6 Å².